The minimum absolute atomic E-state index is 0.117. The molecule has 0 saturated carbocycles. The molecule has 2 amide bonds. The third-order valence-electron chi connectivity index (χ3n) is 7.60. The summed E-state index contributed by atoms with van der Waals surface area (Å²) in [5.74, 6) is 0.692. The zero-order chi connectivity index (χ0) is 32.5. The highest BCUT2D eigenvalue weighted by molar-refractivity contribution is 5.99. The number of aryl methyl sites for hydroxylation is 2. The summed E-state index contributed by atoms with van der Waals surface area (Å²) >= 11 is 0. The molecule has 4 heterocycles. The Balaban J connectivity index is 0.977. The Bertz CT molecular complexity index is 1670. The molecule has 16 heteroatoms. The summed E-state index contributed by atoms with van der Waals surface area (Å²) in [4.78, 5) is 43.9. The number of hydrogen-bond donors (Lipinski definition) is 6. The highest BCUT2D eigenvalue weighted by atomic mass is 16.5. The number of benzene rings is 1. The molecule has 1 fully saturated rings. The topological polar surface area (TPSA) is 224 Å². The number of phenolic OH excluding ortho intramolecular Hbond substituents is 1. The van der Waals surface area contributed by atoms with Gasteiger partial charge in [-0.3, -0.25) is 9.59 Å². The van der Waals surface area contributed by atoms with E-state index in [9.17, 15) is 14.7 Å². The molecule has 1 aliphatic rings. The van der Waals surface area contributed by atoms with Crippen molar-refractivity contribution in [2.45, 2.75) is 32.7 Å². The first-order chi connectivity index (χ1) is 22.3. The van der Waals surface area contributed by atoms with Crippen molar-refractivity contribution in [3.63, 3.8) is 0 Å². The summed E-state index contributed by atoms with van der Waals surface area (Å²) in [5.41, 5.74) is 15.2. The molecule has 16 nitrogen and oxygen atoms in total. The Labute approximate surface area is 266 Å². The number of unbranched alkanes of at least 4 members (excludes halogenated alkanes) is 1. The van der Waals surface area contributed by atoms with Crippen LogP contribution in [0.25, 0.3) is 22.3 Å². The van der Waals surface area contributed by atoms with Gasteiger partial charge in [0.2, 0.25) is 11.9 Å². The van der Waals surface area contributed by atoms with Gasteiger partial charge >= 0.3 is 0 Å². The van der Waals surface area contributed by atoms with Crippen LogP contribution in [0.1, 0.15) is 35.2 Å². The summed E-state index contributed by atoms with van der Waals surface area (Å²) in [6.45, 7) is 6.88. The Kier molecular flexibility index (Phi) is 10.7. The largest absolute Gasteiger partial charge is 0.508 e. The SMILES string of the molecule is Cc1cc(-c2nn(CCCCNC(=O)CCOCCNC(=O)c3cnc(N4CCNCC4)nc3N)c3ncnc(N)c23)ccc1O. The van der Waals surface area contributed by atoms with Gasteiger partial charge in [0, 0.05) is 64.0 Å². The highest BCUT2D eigenvalue weighted by Crippen LogP contribution is 2.32. The number of aromatic hydroxyl groups is 1. The molecule has 0 bridgehead atoms. The third kappa shape index (κ3) is 7.94. The predicted molar refractivity (Wildman–Crippen MR) is 173 cm³/mol. The maximum atomic E-state index is 12.5. The quantitative estimate of drug-likeness (QED) is 0.105. The number of nitrogens with one attached hydrogen (secondary N) is 3. The van der Waals surface area contributed by atoms with Crippen LogP contribution in [0.3, 0.4) is 0 Å². The lowest BCUT2D eigenvalue weighted by Gasteiger charge is -2.27. The summed E-state index contributed by atoms with van der Waals surface area (Å²) < 4.78 is 7.30. The number of nitrogens with zero attached hydrogens (tertiary/aromatic N) is 7. The summed E-state index contributed by atoms with van der Waals surface area (Å²) in [5, 5.41) is 24.2. The molecule has 5 rings (SSSR count). The van der Waals surface area contributed by atoms with Crippen LogP contribution in [0, 0.1) is 6.92 Å². The normalized spacial score (nSPS) is 13.2. The van der Waals surface area contributed by atoms with Gasteiger partial charge in [-0.25, -0.2) is 19.6 Å². The minimum Gasteiger partial charge on any atom is -0.508 e. The number of ether oxygens (including phenoxy) is 1. The molecule has 8 N–H and O–H groups in total. The van der Waals surface area contributed by atoms with Gasteiger partial charge in [0.25, 0.3) is 5.91 Å². The summed E-state index contributed by atoms with van der Waals surface area (Å²) in [7, 11) is 0. The van der Waals surface area contributed by atoms with Gasteiger partial charge in [0.15, 0.2) is 5.65 Å². The monoisotopic (exact) mass is 632 g/mol. The Hall–Kier alpha value is -5.09. The van der Waals surface area contributed by atoms with E-state index in [1.165, 1.54) is 12.5 Å². The Morgan fingerprint density at radius 2 is 1.87 bits per heavy atom. The van der Waals surface area contributed by atoms with Crippen molar-refractivity contribution in [2.75, 3.05) is 68.8 Å². The molecule has 1 aromatic carbocycles. The molecule has 244 valence electrons. The second kappa shape index (κ2) is 15.3. The number of piperazine rings is 1. The average Bonchev–Trinajstić information content (AvgIpc) is 3.43. The van der Waals surface area contributed by atoms with E-state index >= 15 is 0 Å². The fraction of sp³-hybridized carbons (Fsp3) is 0.433. The number of nitrogens with two attached hydrogens (primary N) is 2. The van der Waals surface area contributed by atoms with Crippen LogP contribution < -0.4 is 32.3 Å². The first kappa shape index (κ1) is 32.3. The zero-order valence-corrected chi connectivity index (χ0v) is 25.8. The second-order valence-electron chi connectivity index (χ2n) is 10.9. The molecule has 46 heavy (non-hydrogen) atoms. The van der Waals surface area contributed by atoms with Gasteiger partial charge in [-0.1, -0.05) is 0 Å². The number of carbonyl (C=O) groups is 2. The standard InChI is InChI=1S/C30H40N12O4/c1-19-16-20(4-5-22(19)43)25-24-27(32)37-18-38-28(24)42(40-25)11-3-2-7-34-23(44)6-14-46-15-10-35-29(45)21-17-36-30(39-26(21)31)41-12-8-33-9-13-41/h4-5,16-18,33,43H,2-3,6-15H2,1H3,(H,34,44)(H,35,45)(H2,31,36,39)(H2,32,37,38). The summed E-state index contributed by atoms with van der Waals surface area (Å²) in [6, 6.07) is 5.27. The Morgan fingerprint density at radius 3 is 2.65 bits per heavy atom. The van der Waals surface area contributed by atoms with E-state index in [0.29, 0.717) is 41.6 Å². The number of carbonyl (C=O) groups excluding carboxylic acids is 2. The second-order valence-corrected chi connectivity index (χ2v) is 10.9. The lowest BCUT2D eigenvalue weighted by Crippen LogP contribution is -2.44. The molecule has 4 aromatic rings. The summed E-state index contributed by atoms with van der Waals surface area (Å²) in [6.07, 6.45) is 4.54. The Morgan fingerprint density at radius 1 is 1.04 bits per heavy atom. The van der Waals surface area contributed by atoms with Gasteiger partial charge in [-0.2, -0.15) is 10.1 Å². The number of fused-ring (bicyclic) bond motifs is 1. The van der Waals surface area contributed by atoms with E-state index < -0.39 is 0 Å². The van der Waals surface area contributed by atoms with Crippen molar-refractivity contribution in [2.24, 2.45) is 0 Å². The lowest BCUT2D eigenvalue weighted by molar-refractivity contribution is -0.122. The zero-order valence-electron chi connectivity index (χ0n) is 25.8. The number of amides is 2. The van der Waals surface area contributed by atoms with Crippen LogP contribution in [0.2, 0.25) is 0 Å². The van der Waals surface area contributed by atoms with Crippen LogP contribution in [-0.4, -0.2) is 99.1 Å². The van der Waals surface area contributed by atoms with E-state index in [1.54, 1.807) is 16.8 Å². The van der Waals surface area contributed by atoms with Crippen molar-refractivity contribution >= 4 is 40.4 Å². The van der Waals surface area contributed by atoms with Crippen molar-refractivity contribution in [3.05, 3.63) is 41.9 Å². The van der Waals surface area contributed by atoms with Gasteiger partial charge in [-0.05, 0) is 43.5 Å². The number of anilines is 3. The predicted octanol–water partition coefficient (Wildman–Crippen LogP) is 0.604. The van der Waals surface area contributed by atoms with Crippen LogP contribution in [0.15, 0.2) is 30.7 Å². The molecular weight excluding hydrogens is 592 g/mol. The van der Waals surface area contributed by atoms with Crippen LogP contribution in [0.4, 0.5) is 17.6 Å². The van der Waals surface area contributed by atoms with E-state index in [1.807, 2.05) is 17.9 Å². The van der Waals surface area contributed by atoms with Crippen LogP contribution in [-0.2, 0) is 16.1 Å². The van der Waals surface area contributed by atoms with E-state index in [0.717, 1.165) is 50.1 Å². The lowest BCUT2D eigenvalue weighted by atomic mass is 10.1. The molecule has 1 aliphatic heterocycles. The maximum Gasteiger partial charge on any atom is 0.256 e. The number of phenols is 1. The van der Waals surface area contributed by atoms with Crippen molar-refractivity contribution < 1.29 is 19.4 Å². The van der Waals surface area contributed by atoms with Crippen LogP contribution in [0.5, 0.6) is 5.75 Å². The smallest absolute Gasteiger partial charge is 0.256 e. The number of rotatable bonds is 14. The fourth-order valence-corrected chi connectivity index (χ4v) is 5.07. The van der Waals surface area contributed by atoms with Crippen LogP contribution >= 0.6 is 0 Å². The molecule has 0 unspecified atom stereocenters. The molecule has 3 aromatic heterocycles. The number of aromatic nitrogens is 6. The van der Waals surface area contributed by atoms with E-state index in [2.05, 4.69) is 35.9 Å². The number of nitrogen functional groups attached to an aromatic ring is 2. The van der Waals surface area contributed by atoms with Gasteiger partial charge in [0.05, 0.1) is 24.2 Å². The molecule has 0 spiro atoms. The van der Waals surface area contributed by atoms with E-state index in [4.69, 9.17) is 21.3 Å². The molecule has 1 saturated heterocycles. The molecule has 0 aliphatic carbocycles. The van der Waals surface area contributed by atoms with Gasteiger partial charge in [0.1, 0.15) is 29.4 Å². The van der Waals surface area contributed by atoms with Crippen molar-refractivity contribution in [3.8, 4) is 17.0 Å². The number of hydrogen-bond acceptors (Lipinski definition) is 13. The third-order valence-corrected chi connectivity index (χ3v) is 7.60. The van der Waals surface area contributed by atoms with Crippen molar-refractivity contribution in [1.29, 1.82) is 0 Å². The van der Waals surface area contributed by atoms with Gasteiger partial charge < -0.3 is 42.2 Å². The first-order valence-electron chi connectivity index (χ1n) is 15.3. The fourth-order valence-electron chi connectivity index (χ4n) is 5.07. The average molecular weight is 633 g/mol. The highest BCUT2D eigenvalue weighted by Gasteiger charge is 2.19. The van der Waals surface area contributed by atoms with Gasteiger partial charge in [-0.15, -0.1) is 0 Å². The molecule has 0 atom stereocenters. The minimum atomic E-state index is -0.378. The maximum absolute atomic E-state index is 12.5. The van der Waals surface area contributed by atoms with E-state index in [-0.39, 0.29) is 55.1 Å². The first-order valence-corrected chi connectivity index (χ1v) is 15.3. The molecular formula is C30H40N12O4. The molecule has 0 radical (unpaired) electrons. The van der Waals surface area contributed by atoms with Crippen molar-refractivity contribution in [1.82, 2.24) is 45.7 Å².